The van der Waals surface area contributed by atoms with Crippen LogP contribution in [0.3, 0.4) is 0 Å². The Kier molecular flexibility index (Phi) is 4.55. The van der Waals surface area contributed by atoms with E-state index >= 15 is 0 Å². The number of halogens is 1. The standard InChI is InChI=1S/C21H22ClN3O2Si/c1-5-17(26)25-10-11-27-16-7-6-13(12-15(16)25)18-19-14(22)8-9-23-20(19)24-21(18)28(2,3)4/h5-9,12H,1,10-11H2,2-4H3,(H,23,24). The Morgan fingerprint density at radius 3 is 2.86 bits per heavy atom. The normalized spacial score (nSPS) is 13.9. The van der Waals surface area contributed by atoms with Crippen molar-refractivity contribution in [2.75, 3.05) is 18.1 Å². The number of benzene rings is 1. The van der Waals surface area contributed by atoms with E-state index in [0.717, 1.165) is 27.8 Å². The minimum absolute atomic E-state index is 0.134. The summed E-state index contributed by atoms with van der Waals surface area (Å²) in [5, 5.41) is 2.76. The van der Waals surface area contributed by atoms with Crippen molar-refractivity contribution >= 4 is 47.6 Å². The van der Waals surface area contributed by atoms with Gasteiger partial charge < -0.3 is 14.6 Å². The predicted molar refractivity (Wildman–Crippen MR) is 118 cm³/mol. The average Bonchev–Trinajstić information content (AvgIpc) is 3.08. The van der Waals surface area contributed by atoms with Gasteiger partial charge in [0.2, 0.25) is 0 Å². The molecule has 1 N–H and O–H groups in total. The summed E-state index contributed by atoms with van der Waals surface area (Å²) in [4.78, 5) is 22.0. The second kappa shape index (κ2) is 6.79. The maximum Gasteiger partial charge on any atom is 0.250 e. The Bertz CT molecular complexity index is 1100. The Balaban J connectivity index is 1.99. The SMILES string of the molecule is C=CC(=O)N1CCOc2ccc(-c3c([Si](C)(C)C)[nH]c4nccc(Cl)c34)cc21. The lowest BCUT2D eigenvalue weighted by Crippen LogP contribution is -2.40. The molecule has 1 aliphatic rings. The van der Waals surface area contributed by atoms with Gasteiger partial charge in [-0.25, -0.2) is 4.98 Å². The monoisotopic (exact) mass is 411 g/mol. The third-order valence-electron chi connectivity index (χ3n) is 4.95. The number of aromatic amines is 1. The fraction of sp³-hybridized carbons (Fsp3) is 0.238. The van der Waals surface area contributed by atoms with Crippen molar-refractivity contribution < 1.29 is 9.53 Å². The number of nitrogens with zero attached hydrogens (tertiary/aromatic N) is 2. The van der Waals surface area contributed by atoms with Crippen LogP contribution in [0.2, 0.25) is 24.7 Å². The lowest BCUT2D eigenvalue weighted by Gasteiger charge is -2.29. The third kappa shape index (κ3) is 3.02. The molecule has 0 bridgehead atoms. The molecule has 0 spiro atoms. The number of amides is 1. The molecule has 5 nitrogen and oxygen atoms in total. The van der Waals surface area contributed by atoms with Crippen molar-refractivity contribution in [1.29, 1.82) is 0 Å². The van der Waals surface area contributed by atoms with E-state index in [0.29, 0.717) is 23.9 Å². The molecule has 28 heavy (non-hydrogen) atoms. The highest BCUT2D eigenvalue weighted by atomic mass is 35.5. The van der Waals surface area contributed by atoms with Crippen molar-refractivity contribution in [3.05, 3.63) is 48.1 Å². The highest BCUT2D eigenvalue weighted by molar-refractivity contribution is 6.89. The molecule has 0 unspecified atom stereocenters. The van der Waals surface area contributed by atoms with Crippen LogP contribution in [0, 0.1) is 0 Å². The van der Waals surface area contributed by atoms with E-state index in [1.54, 1.807) is 11.1 Å². The molecule has 1 aliphatic heterocycles. The van der Waals surface area contributed by atoms with Gasteiger partial charge in [-0.3, -0.25) is 4.79 Å². The van der Waals surface area contributed by atoms with E-state index in [1.165, 1.54) is 11.4 Å². The number of H-pyrrole nitrogens is 1. The number of nitrogens with one attached hydrogen (secondary N) is 1. The largest absolute Gasteiger partial charge is 0.490 e. The maximum atomic E-state index is 12.3. The summed E-state index contributed by atoms with van der Waals surface area (Å²) in [6.45, 7) is 11.4. The first-order valence-electron chi connectivity index (χ1n) is 9.19. The zero-order chi connectivity index (χ0) is 20.1. The Labute approximate surface area is 170 Å². The maximum absolute atomic E-state index is 12.3. The molecular weight excluding hydrogens is 390 g/mol. The summed E-state index contributed by atoms with van der Waals surface area (Å²) in [6.07, 6.45) is 3.05. The molecular formula is C21H22ClN3O2Si. The zero-order valence-electron chi connectivity index (χ0n) is 16.2. The van der Waals surface area contributed by atoms with Gasteiger partial charge in [0.15, 0.2) is 0 Å². The van der Waals surface area contributed by atoms with Gasteiger partial charge in [0.25, 0.3) is 5.91 Å². The molecule has 4 rings (SSSR count). The van der Waals surface area contributed by atoms with Crippen LogP contribution in [0.1, 0.15) is 0 Å². The number of hydrogen-bond donors (Lipinski definition) is 1. The molecule has 7 heteroatoms. The van der Waals surface area contributed by atoms with Gasteiger partial charge in [-0.15, -0.1) is 0 Å². The van der Waals surface area contributed by atoms with Gasteiger partial charge in [0.05, 0.1) is 25.3 Å². The van der Waals surface area contributed by atoms with Gasteiger partial charge in [0, 0.05) is 22.5 Å². The topological polar surface area (TPSA) is 58.2 Å². The van der Waals surface area contributed by atoms with Gasteiger partial charge in [0.1, 0.15) is 18.0 Å². The lowest BCUT2D eigenvalue weighted by molar-refractivity contribution is -0.114. The number of fused-ring (bicyclic) bond motifs is 2. The van der Waals surface area contributed by atoms with Crippen molar-refractivity contribution in [1.82, 2.24) is 9.97 Å². The van der Waals surface area contributed by atoms with Crippen LogP contribution in [-0.4, -0.2) is 37.1 Å². The molecule has 1 amide bonds. The Morgan fingerprint density at radius 1 is 1.36 bits per heavy atom. The van der Waals surface area contributed by atoms with E-state index in [2.05, 4.69) is 36.2 Å². The summed E-state index contributed by atoms with van der Waals surface area (Å²) in [7, 11) is -1.73. The van der Waals surface area contributed by atoms with Gasteiger partial charge in [-0.1, -0.05) is 43.9 Å². The van der Waals surface area contributed by atoms with Crippen LogP contribution in [0.15, 0.2) is 43.1 Å². The Hall–Kier alpha value is -2.57. The molecule has 0 saturated carbocycles. The number of anilines is 1. The molecule has 1 aromatic carbocycles. The minimum Gasteiger partial charge on any atom is -0.490 e. The van der Waals surface area contributed by atoms with Crippen molar-refractivity contribution in [3.8, 4) is 16.9 Å². The number of hydrogen-bond acceptors (Lipinski definition) is 3. The summed E-state index contributed by atoms with van der Waals surface area (Å²) in [5.41, 5.74) is 3.59. The Morgan fingerprint density at radius 2 is 2.14 bits per heavy atom. The first kappa shape index (κ1) is 18.8. The van der Waals surface area contributed by atoms with E-state index in [4.69, 9.17) is 16.3 Å². The van der Waals surface area contributed by atoms with Crippen LogP contribution >= 0.6 is 11.6 Å². The number of carbonyl (C=O) groups excluding carboxylic acids is 1. The highest BCUT2D eigenvalue weighted by Crippen LogP contribution is 2.39. The smallest absolute Gasteiger partial charge is 0.250 e. The van der Waals surface area contributed by atoms with E-state index in [9.17, 15) is 4.79 Å². The van der Waals surface area contributed by atoms with Crippen LogP contribution in [0.25, 0.3) is 22.2 Å². The molecule has 0 atom stereocenters. The number of aromatic nitrogens is 2. The molecule has 0 saturated heterocycles. The first-order chi connectivity index (χ1) is 13.3. The molecule has 2 aromatic heterocycles. The van der Waals surface area contributed by atoms with E-state index in [1.807, 2.05) is 24.3 Å². The van der Waals surface area contributed by atoms with Gasteiger partial charge in [-0.05, 0) is 29.8 Å². The summed E-state index contributed by atoms with van der Waals surface area (Å²) >= 11 is 6.57. The first-order valence-corrected chi connectivity index (χ1v) is 13.1. The average molecular weight is 412 g/mol. The summed E-state index contributed by atoms with van der Waals surface area (Å²) < 4.78 is 5.76. The molecule has 0 fully saturated rings. The number of rotatable bonds is 3. The van der Waals surface area contributed by atoms with Crippen molar-refractivity contribution in [3.63, 3.8) is 0 Å². The summed E-state index contributed by atoms with van der Waals surface area (Å²) in [6, 6.07) is 7.76. The molecule has 3 aromatic rings. The minimum atomic E-state index is -1.73. The molecule has 0 radical (unpaired) electrons. The van der Waals surface area contributed by atoms with Gasteiger partial charge in [-0.2, -0.15) is 0 Å². The molecule has 144 valence electrons. The highest BCUT2D eigenvalue weighted by Gasteiger charge is 2.29. The quantitative estimate of drug-likeness (QED) is 0.515. The van der Waals surface area contributed by atoms with E-state index < -0.39 is 8.07 Å². The predicted octanol–water partition coefficient (Wildman–Crippen LogP) is 4.34. The fourth-order valence-electron chi connectivity index (χ4n) is 3.64. The van der Waals surface area contributed by atoms with Gasteiger partial charge >= 0.3 is 0 Å². The third-order valence-corrected chi connectivity index (χ3v) is 7.14. The molecule has 0 aliphatic carbocycles. The fourth-order valence-corrected chi connectivity index (χ4v) is 5.39. The van der Waals surface area contributed by atoms with Crippen LogP contribution in [0.5, 0.6) is 5.75 Å². The van der Waals surface area contributed by atoms with Crippen LogP contribution in [-0.2, 0) is 4.79 Å². The van der Waals surface area contributed by atoms with Crippen LogP contribution in [0.4, 0.5) is 5.69 Å². The second-order valence-corrected chi connectivity index (χ2v) is 13.3. The number of pyridine rings is 1. The number of ether oxygens (including phenoxy) is 1. The molecule has 3 heterocycles. The van der Waals surface area contributed by atoms with Crippen molar-refractivity contribution in [2.45, 2.75) is 19.6 Å². The zero-order valence-corrected chi connectivity index (χ0v) is 17.9. The summed E-state index contributed by atoms with van der Waals surface area (Å²) in [5.74, 6) is 0.564. The van der Waals surface area contributed by atoms with Crippen LogP contribution < -0.4 is 15.0 Å². The second-order valence-electron chi connectivity index (χ2n) is 7.87. The van der Waals surface area contributed by atoms with E-state index in [-0.39, 0.29) is 5.91 Å². The van der Waals surface area contributed by atoms with Crippen molar-refractivity contribution in [2.24, 2.45) is 0 Å². The lowest BCUT2D eigenvalue weighted by atomic mass is 10.0. The number of carbonyl (C=O) groups is 1.